The van der Waals surface area contributed by atoms with Crippen LogP contribution in [0, 0.1) is 11.2 Å². The maximum atomic E-state index is 14.1. The lowest BCUT2D eigenvalue weighted by molar-refractivity contribution is 0.144. The Hall–Kier alpha value is -0.410. The first-order valence-corrected chi connectivity index (χ1v) is 8.52. The maximum Gasteiger partial charge on any atom is 0.127 e. The minimum absolute atomic E-state index is 0.0957. The van der Waals surface area contributed by atoms with Crippen molar-refractivity contribution in [1.29, 1.82) is 0 Å². The van der Waals surface area contributed by atoms with Gasteiger partial charge in [0.05, 0.1) is 0 Å². The average Bonchev–Trinajstić information content (AvgIpc) is 2.42. The van der Waals surface area contributed by atoms with Crippen LogP contribution in [-0.2, 0) is 6.42 Å². The van der Waals surface area contributed by atoms with Gasteiger partial charge in [-0.1, -0.05) is 55.1 Å². The fourth-order valence-corrected chi connectivity index (χ4v) is 3.76. The van der Waals surface area contributed by atoms with Gasteiger partial charge in [0, 0.05) is 10.5 Å². The maximum absolute atomic E-state index is 14.1. The van der Waals surface area contributed by atoms with Gasteiger partial charge in [0.1, 0.15) is 5.82 Å². The van der Waals surface area contributed by atoms with Crippen LogP contribution in [0.4, 0.5) is 4.39 Å². The minimum atomic E-state index is -0.0957. The van der Waals surface area contributed by atoms with Crippen molar-refractivity contribution in [3.8, 4) is 0 Å². The Labute approximate surface area is 130 Å². The van der Waals surface area contributed by atoms with Gasteiger partial charge in [0.2, 0.25) is 0 Å². The fourth-order valence-electron chi connectivity index (χ4n) is 3.43. The zero-order valence-electron chi connectivity index (χ0n) is 12.5. The highest BCUT2D eigenvalue weighted by Crippen LogP contribution is 2.40. The highest BCUT2D eigenvalue weighted by Gasteiger charge is 2.35. The van der Waals surface area contributed by atoms with Gasteiger partial charge in [-0.25, -0.2) is 4.39 Å². The summed E-state index contributed by atoms with van der Waals surface area (Å²) in [4.78, 5) is 0. The van der Waals surface area contributed by atoms with Crippen molar-refractivity contribution in [2.24, 2.45) is 5.41 Å². The van der Waals surface area contributed by atoms with Gasteiger partial charge in [0.15, 0.2) is 0 Å². The van der Waals surface area contributed by atoms with Gasteiger partial charge in [-0.2, -0.15) is 0 Å². The topological polar surface area (TPSA) is 12.0 Å². The number of likely N-dealkylation sites (N-methyl/N-ethyl adjacent to an activating group) is 1. The molecule has 1 saturated carbocycles. The molecule has 20 heavy (non-hydrogen) atoms. The predicted molar refractivity (Wildman–Crippen MR) is 86.5 cm³/mol. The lowest BCUT2D eigenvalue weighted by Crippen LogP contribution is -2.46. The molecule has 0 aromatic heterocycles. The Bertz CT molecular complexity index is 441. The molecule has 2 rings (SSSR count). The van der Waals surface area contributed by atoms with Gasteiger partial charge < -0.3 is 5.32 Å². The van der Waals surface area contributed by atoms with E-state index in [1.54, 1.807) is 6.07 Å². The standard InChI is InChI=1S/C17H25BrFN/c1-3-20-16(17(2)9-5-4-6-10-17)11-13-7-8-14(18)12-15(13)19/h7-8,12,16,20H,3-6,9-11H2,1-2H3. The highest BCUT2D eigenvalue weighted by molar-refractivity contribution is 9.10. The van der Waals surface area contributed by atoms with E-state index in [1.807, 2.05) is 12.1 Å². The van der Waals surface area contributed by atoms with Crippen molar-refractivity contribution in [3.05, 3.63) is 34.1 Å². The second kappa shape index (κ2) is 7.04. The molecule has 0 heterocycles. The normalized spacial score (nSPS) is 19.8. The number of hydrogen-bond donors (Lipinski definition) is 1. The molecule has 1 aliphatic carbocycles. The number of hydrogen-bond acceptors (Lipinski definition) is 1. The highest BCUT2D eigenvalue weighted by atomic mass is 79.9. The fraction of sp³-hybridized carbons (Fsp3) is 0.647. The van der Waals surface area contributed by atoms with Crippen LogP contribution in [0.1, 0.15) is 51.5 Å². The van der Waals surface area contributed by atoms with E-state index in [4.69, 9.17) is 0 Å². The molecule has 0 aliphatic heterocycles. The summed E-state index contributed by atoms with van der Waals surface area (Å²) >= 11 is 3.32. The molecule has 1 fully saturated rings. The monoisotopic (exact) mass is 341 g/mol. The molecule has 3 heteroatoms. The van der Waals surface area contributed by atoms with Crippen molar-refractivity contribution in [2.75, 3.05) is 6.54 Å². The third-order valence-corrected chi connectivity index (χ3v) is 5.22. The third-order valence-electron chi connectivity index (χ3n) is 4.73. The van der Waals surface area contributed by atoms with E-state index in [1.165, 1.54) is 32.1 Å². The van der Waals surface area contributed by atoms with Gasteiger partial charge in [0.25, 0.3) is 0 Å². The molecule has 1 atom stereocenters. The van der Waals surface area contributed by atoms with Crippen molar-refractivity contribution in [1.82, 2.24) is 5.32 Å². The van der Waals surface area contributed by atoms with Crippen molar-refractivity contribution >= 4 is 15.9 Å². The summed E-state index contributed by atoms with van der Waals surface area (Å²) in [6, 6.07) is 5.78. The first kappa shape index (κ1) is 16.0. The van der Waals surface area contributed by atoms with E-state index < -0.39 is 0 Å². The van der Waals surface area contributed by atoms with Gasteiger partial charge in [-0.05, 0) is 48.9 Å². The zero-order valence-corrected chi connectivity index (χ0v) is 14.1. The third kappa shape index (κ3) is 3.82. The Morgan fingerprint density at radius 3 is 2.60 bits per heavy atom. The first-order chi connectivity index (χ1) is 9.55. The van der Waals surface area contributed by atoms with Crippen LogP contribution < -0.4 is 5.32 Å². The van der Waals surface area contributed by atoms with E-state index >= 15 is 0 Å². The summed E-state index contributed by atoms with van der Waals surface area (Å²) < 4.78 is 14.9. The lowest BCUT2D eigenvalue weighted by Gasteiger charge is -2.41. The Kier molecular flexibility index (Phi) is 5.62. The van der Waals surface area contributed by atoms with Crippen molar-refractivity contribution in [3.63, 3.8) is 0 Å². The number of benzene rings is 1. The summed E-state index contributed by atoms with van der Waals surface area (Å²) in [5.74, 6) is -0.0957. The number of rotatable bonds is 5. The molecular formula is C17H25BrFN. The summed E-state index contributed by atoms with van der Waals surface area (Å²) in [5, 5.41) is 3.60. The van der Waals surface area contributed by atoms with Crippen LogP contribution in [-0.4, -0.2) is 12.6 Å². The molecule has 1 aromatic carbocycles. The van der Waals surface area contributed by atoms with Crippen LogP contribution in [0.15, 0.2) is 22.7 Å². The van der Waals surface area contributed by atoms with Crippen LogP contribution >= 0.6 is 15.9 Å². The molecule has 1 aliphatic rings. The molecule has 1 aromatic rings. The summed E-state index contributed by atoms with van der Waals surface area (Å²) in [5.41, 5.74) is 1.12. The first-order valence-electron chi connectivity index (χ1n) is 7.72. The van der Waals surface area contributed by atoms with Crippen molar-refractivity contribution < 1.29 is 4.39 Å². The minimum Gasteiger partial charge on any atom is -0.313 e. The molecular weight excluding hydrogens is 317 g/mol. The molecule has 0 amide bonds. The molecule has 1 nitrogen and oxygen atoms in total. The molecule has 0 saturated heterocycles. The second-order valence-corrected chi connectivity index (χ2v) is 7.18. The summed E-state index contributed by atoms with van der Waals surface area (Å²) in [7, 11) is 0. The quantitative estimate of drug-likeness (QED) is 0.787. The van der Waals surface area contributed by atoms with E-state index in [9.17, 15) is 4.39 Å². The summed E-state index contributed by atoms with van der Waals surface area (Å²) in [6.07, 6.45) is 7.25. The molecule has 0 spiro atoms. The smallest absolute Gasteiger partial charge is 0.127 e. The van der Waals surface area contributed by atoms with Gasteiger partial charge in [-0.15, -0.1) is 0 Å². The Morgan fingerprint density at radius 2 is 2.00 bits per heavy atom. The van der Waals surface area contributed by atoms with Crippen LogP contribution in [0.3, 0.4) is 0 Å². The zero-order chi connectivity index (χ0) is 14.6. The van der Waals surface area contributed by atoms with E-state index in [0.717, 1.165) is 23.0 Å². The predicted octanol–water partition coefficient (Wildman–Crippen LogP) is 5.08. The SMILES string of the molecule is CCNC(Cc1ccc(Br)cc1F)C1(C)CCCCC1. The van der Waals surface area contributed by atoms with E-state index in [-0.39, 0.29) is 5.82 Å². The van der Waals surface area contributed by atoms with Gasteiger partial charge >= 0.3 is 0 Å². The number of halogens is 2. The largest absolute Gasteiger partial charge is 0.313 e. The molecule has 1 unspecified atom stereocenters. The van der Waals surface area contributed by atoms with Crippen LogP contribution in [0.25, 0.3) is 0 Å². The lowest BCUT2D eigenvalue weighted by atomic mass is 9.69. The molecule has 112 valence electrons. The molecule has 0 radical (unpaired) electrons. The number of nitrogens with one attached hydrogen (secondary N) is 1. The van der Waals surface area contributed by atoms with Gasteiger partial charge in [-0.3, -0.25) is 0 Å². The van der Waals surface area contributed by atoms with E-state index in [0.29, 0.717) is 11.5 Å². The van der Waals surface area contributed by atoms with Crippen molar-refractivity contribution in [2.45, 2.75) is 58.4 Å². The molecule has 0 bridgehead atoms. The molecule has 1 N–H and O–H groups in total. The Balaban J connectivity index is 2.16. The van der Waals surface area contributed by atoms with E-state index in [2.05, 4.69) is 35.1 Å². The Morgan fingerprint density at radius 1 is 1.30 bits per heavy atom. The summed E-state index contributed by atoms with van der Waals surface area (Å²) in [6.45, 7) is 5.45. The van der Waals surface area contributed by atoms with Crippen LogP contribution in [0.5, 0.6) is 0 Å². The average molecular weight is 342 g/mol. The van der Waals surface area contributed by atoms with Crippen LogP contribution in [0.2, 0.25) is 0 Å². The second-order valence-electron chi connectivity index (χ2n) is 6.26.